The summed E-state index contributed by atoms with van der Waals surface area (Å²) in [6.45, 7) is 6.08. The molecule has 0 saturated carbocycles. The molecule has 2 aromatic heterocycles. The van der Waals surface area contributed by atoms with Crippen LogP contribution in [0.5, 0.6) is 0 Å². The summed E-state index contributed by atoms with van der Waals surface area (Å²) < 4.78 is 4.94. The van der Waals surface area contributed by atoms with Crippen LogP contribution >= 0.6 is 0 Å². The summed E-state index contributed by atoms with van der Waals surface area (Å²) in [7, 11) is 0. The zero-order valence-electron chi connectivity index (χ0n) is 12.9. The van der Waals surface area contributed by atoms with Gasteiger partial charge in [0.15, 0.2) is 5.82 Å². The molecule has 116 valence electrons. The fourth-order valence-corrected chi connectivity index (χ4v) is 2.61. The lowest BCUT2D eigenvalue weighted by Crippen LogP contribution is -2.33. The Morgan fingerprint density at radius 2 is 2.09 bits per heavy atom. The maximum absolute atomic E-state index is 12.3. The zero-order chi connectivity index (χ0) is 15.5. The highest BCUT2D eigenvalue weighted by Crippen LogP contribution is 2.23. The van der Waals surface area contributed by atoms with Crippen LogP contribution in [0.3, 0.4) is 0 Å². The Bertz CT molecular complexity index is 660. The Labute approximate surface area is 129 Å². The summed E-state index contributed by atoms with van der Waals surface area (Å²) >= 11 is 0. The number of amides is 1. The molecule has 22 heavy (non-hydrogen) atoms. The number of nitrogens with one attached hydrogen (secondary N) is 1. The van der Waals surface area contributed by atoms with Gasteiger partial charge >= 0.3 is 0 Å². The number of carbonyl (C=O) groups excluding carboxylic acids is 1. The van der Waals surface area contributed by atoms with Gasteiger partial charge in [-0.2, -0.15) is 0 Å². The number of nitrogens with zero attached hydrogens (tertiary/aromatic N) is 3. The van der Waals surface area contributed by atoms with Crippen LogP contribution in [0.25, 0.3) is 0 Å². The molecule has 0 aliphatic carbocycles. The minimum absolute atomic E-state index is 0.229. The Hall–Kier alpha value is -2.37. The number of pyridine rings is 1. The van der Waals surface area contributed by atoms with Crippen LogP contribution in [0.15, 0.2) is 29.0 Å². The fourth-order valence-electron chi connectivity index (χ4n) is 2.61. The first-order valence-corrected chi connectivity index (χ1v) is 7.56. The molecule has 0 bridgehead atoms. The van der Waals surface area contributed by atoms with E-state index in [-0.39, 0.29) is 5.91 Å². The van der Waals surface area contributed by atoms with Crippen molar-refractivity contribution in [3.05, 3.63) is 35.9 Å². The maximum atomic E-state index is 12.3. The van der Waals surface area contributed by atoms with Gasteiger partial charge in [0.2, 0.25) is 0 Å². The number of carbonyl (C=O) groups is 1. The van der Waals surface area contributed by atoms with Gasteiger partial charge in [-0.05, 0) is 31.7 Å². The second kappa shape index (κ2) is 6.17. The fraction of sp³-hybridized carbons (Fsp3) is 0.438. The van der Waals surface area contributed by atoms with Gasteiger partial charge in [-0.1, -0.05) is 12.1 Å². The van der Waals surface area contributed by atoms with Gasteiger partial charge in [0.05, 0.1) is 17.4 Å². The minimum Gasteiger partial charge on any atom is -0.370 e. The normalized spacial score (nSPS) is 15.8. The molecule has 1 fully saturated rings. The highest BCUT2D eigenvalue weighted by molar-refractivity contribution is 6.04. The molecule has 6 nitrogen and oxygen atoms in total. The Kier molecular flexibility index (Phi) is 4.09. The quantitative estimate of drug-likeness (QED) is 0.943. The number of aromatic nitrogens is 2. The number of aryl methyl sites for hydroxylation is 1. The van der Waals surface area contributed by atoms with Crippen LogP contribution in [0, 0.1) is 12.8 Å². The molecule has 1 saturated heterocycles. The third kappa shape index (κ3) is 3.27. The molecular formula is C16H20N4O2. The third-order valence-electron chi connectivity index (χ3n) is 4.00. The van der Waals surface area contributed by atoms with Gasteiger partial charge in [0, 0.05) is 25.4 Å². The highest BCUT2D eigenvalue weighted by Gasteiger charge is 2.17. The van der Waals surface area contributed by atoms with Crippen molar-refractivity contribution in [3.8, 4) is 0 Å². The molecule has 0 unspecified atom stereocenters. The van der Waals surface area contributed by atoms with Crippen LogP contribution in [0.1, 0.15) is 35.9 Å². The van der Waals surface area contributed by atoms with Crippen LogP contribution in [-0.2, 0) is 0 Å². The predicted molar refractivity (Wildman–Crippen MR) is 84.0 cm³/mol. The van der Waals surface area contributed by atoms with E-state index in [1.54, 1.807) is 19.2 Å². The lowest BCUT2D eigenvalue weighted by Gasteiger charge is -2.32. The summed E-state index contributed by atoms with van der Waals surface area (Å²) in [5.41, 5.74) is 1.52. The Balaban J connectivity index is 1.71. The standard InChI is InChI=1S/C16H20N4O2/c1-11-3-5-20(6-4-11)14-8-13(9-17-10-14)16(21)18-15-7-12(2)22-19-15/h7-11H,3-6H2,1-2H3,(H,18,19,21). The molecule has 0 spiro atoms. The molecule has 0 atom stereocenters. The molecule has 2 aromatic rings. The zero-order valence-corrected chi connectivity index (χ0v) is 12.9. The first kappa shape index (κ1) is 14.6. The second-order valence-electron chi connectivity index (χ2n) is 5.88. The van der Waals surface area contributed by atoms with E-state index in [1.165, 1.54) is 12.8 Å². The second-order valence-corrected chi connectivity index (χ2v) is 5.88. The van der Waals surface area contributed by atoms with Gasteiger partial charge < -0.3 is 14.7 Å². The highest BCUT2D eigenvalue weighted by atomic mass is 16.5. The van der Waals surface area contributed by atoms with Crippen LogP contribution in [0.2, 0.25) is 0 Å². The lowest BCUT2D eigenvalue weighted by atomic mass is 9.99. The first-order chi connectivity index (χ1) is 10.6. The number of anilines is 2. The number of hydrogen-bond donors (Lipinski definition) is 1. The molecule has 0 aromatic carbocycles. The van der Waals surface area contributed by atoms with Gasteiger partial charge in [0.25, 0.3) is 5.91 Å². The number of piperidine rings is 1. The molecule has 1 N–H and O–H groups in total. The van der Waals surface area contributed by atoms with Crippen LogP contribution < -0.4 is 10.2 Å². The first-order valence-electron chi connectivity index (χ1n) is 7.56. The topological polar surface area (TPSA) is 71.3 Å². The van der Waals surface area contributed by atoms with E-state index in [0.29, 0.717) is 17.1 Å². The van der Waals surface area contributed by atoms with Crippen molar-refractivity contribution in [3.63, 3.8) is 0 Å². The smallest absolute Gasteiger partial charge is 0.258 e. The Morgan fingerprint density at radius 1 is 1.32 bits per heavy atom. The lowest BCUT2D eigenvalue weighted by molar-refractivity contribution is 0.102. The van der Waals surface area contributed by atoms with Crippen molar-refractivity contribution in [1.82, 2.24) is 10.1 Å². The molecule has 0 radical (unpaired) electrons. The monoisotopic (exact) mass is 300 g/mol. The SMILES string of the molecule is Cc1cc(NC(=O)c2cncc(N3CCC(C)CC3)c2)no1. The van der Waals surface area contributed by atoms with E-state index in [0.717, 1.165) is 24.7 Å². The number of rotatable bonds is 3. The minimum atomic E-state index is -0.229. The summed E-state index contributed by atoms with van der Waals surface area (Å²) in [6, 6.07) is 3.56. The third-order valence-corrected chi connectivity index (χ3v) is 4.00. The van der Waals surface area contributed by atoms with Crippen molar-refractivity contribution in [1.29, 1.82) is 0 Å². The van der Waals surface area contributed by atoms with Gasteiger partial charge in [-0.25, -0.2) is 0 Å². The molecule has 1 aliphatic rings. The average Bonchev–Trinajstić information content (AvgIpc) is 2.93. The molecule has 3 heterocycles. The average molecular weight is 300 g/mol. The summed E-state index contributed by atoms with van der Waals surface area (Å²) in [4.78, 5) is 18.7. The van der Waals surface area contributed by atoms with Crippen molar-refractivity contribution in [2.45, 2.75) is 26.7 Å². The van der Waals surface area contributed by atoms with Gasteiger partial charge in [-0.3, -0.25) is 9.78 Å². The van der Waals surface area contributed by atoms with Crippen LogP contribution in [0.4, 0.5) is 11.5 Å². The van der Waals surface area contributed by atoms with E-state index in [2.05, 4.69) is 27.3 Å². The summed E-state index contributed by atoms with van der Waals surface area (Å²) in [5.74, 6) is 1.61. The largest absolute Gasteiger partial charge is 0.370 e. The predicted octanol–water partition coefficient (Wildman–Crippen LogP) is 2.87. The molecule has 6 heteroatoms. The van der Waals surface area contributed by atoms with Crippen LogP contribution in [-0.4, -0.2) is 29.1 Å². The molecule has 3 rings (SSSR count). The van der Waals surface area contributed by atoms with E-state index >= 15 is 0 Å². The van der Waals surface area contributed by atoms with E-state index in [9.17, 15) is 4.79 Å². The molecule has 1 aliphatic heterocycles. The molecule has 1 amide bonds. The van der Waals surface area contributed by atoms with Crippen molar-refractivity contribution < 1.29 is 9.32 Å². The Morgan fingerprint density at radius 3 is 2.77 bits per heavy atom. The molecular weight excluding hydrogens is 280 g/mol. The van der Waals surface area contributed by atoms with E-state index < -0.39 is 0 Å². The van der Waals surface area contributed by atoms with Gasteiger partial charge in [-0.15, -0.1) is 0 Å². The summed E-state index contributed by atoms with van der Waals surface area (Å²) in [5, 5.41) is 6.48. The summed E-state index contributed by atoms with van der Waals surface area (Å²) in [6.07, 6.45) is 5.73. The number of hydrogen-bond acceptors (Lipinski definition) is 5. The van der Waals surface area contributed by atoms with Crippen molar-refractivity contribution >= 4 is 17.4 Å². The van der Waals surface area contributed by atoms with Crippen molar-refractivity contribution in [2.24, 2.45) is 5.92 Å². The maximum Gasteiger partial charge on any atom is 0.258 e. The van der Waals surface area contributed by atoms with Gasteiger partial charge in [0.1, 0.15) is 5.76 Å². The van der Waals surface area contributed by atoms with E-state index in [1.807, 2.05) is 12.3 Å². The van der Waals surface area contributed by atoms with Crippen molar-refractivity contribution in [2.75, 3.05) is 23.3 Å². The van der Waals surface area contributed by atoms with E-state index in [4.69, 9.17) is 4.52 Å².